The third kappa shape index (κ3) is 32.5. The highest BCUT2D eigenvalue weighted by Crippen LogP contribution is 2.18. The number of carboxylic acids is 1. The molecule has 41 heavy (non-hydrogen) atoms. The Morgan fingerprint density at radius 2 is 1.02 bits per heavy atom. The van der Waals surface area contributed by atoms with E-state index in [2.05, 4.69) is 50.3 Å². The molecule has 0 aliphatic rings. The van der Waals surface area contributed by atoms with E-state index in [1.807, 2.05) is 0 Å². The van der Waals surface area contributed by atoms with Crippen molar-refractivity contribution in [3.05, 3.63) is 36.5 Å². The first-order valence-electron chi connectivity index (χ1n) is 17.5. The summed E-state index contributed by atoms with van der Waals surface area (Å²) in [5.41, 5.74) is 0. The van der Waals surface area contributed by atoms with Crippen molar-refractivity contribution in [3.63, 3.8) is 0 Å². The van der Waals surface area contributed by atoms with Crippen molar-refractivity contribution < 1.29 is 19.4 Å². The van der Waals surface area contributed by atoms with Gasteiger partial charge in [-0.25, -0.2) is 0 Å². The lowest BCUT2D eigenvalue weighted by atomic mass is 10.0. The van der Waals surface area contributed by atoms with Crippen molar-refractivity contribution >= 4 is 11.9 Å². The fourth-order valence-electron chi connectivity index (χ4n) is 5.08. The molecule has 1 unspecified atom stereocenters. The highest BCUT2D eigenvalue weighted by atomic mass is 16.5. The Morgan fingerprint density at radius 1 is 0.561 bits per heavy atom. The van der Waals surface area contributed by atoms with Crippen LogP contribution >= 0.6 is 0 Å². The van der Waals surface area contributed by atoms with Gasteiger partial charge in [-0.1, -0.05) is 134 Å². The van der Waals surface area contributed by atoms with Gasteiger partial charge in [0.2, 0.25) is 0 Å². The number of carboxylic acid groups (broad SMARTS) is 1. The van der Waals surface area contributed by atoms with Gasteiger partial charge in [0.15, 0.2) is 0 Å². The summed E-state index contributed by atoms with van der Waals surface area (Å²) in [5, 5.41) is 8.88. The predicted molar refractivity (Wildman–Crippen MR) is 176 cm³/mol. The lowest BCUT2D eigenvalue weighted by Gasteiger charge is -2.18. The number of rotatable bonds is 31. The number of allylic oxidation sites excluding steroid dienone is 6. The van der Waals surface area contributed by atoms with Gasteiger partial charge >= 0.3 is 11.9 Å². The Bertz CT molecular complexity index is 664. The lowest BCUT2D eigenvalue weighted by Crippen LogP contribution is -2.18. The molecular weight excluding hydrogens is 508 g/mol. The molecule has 1 N–H and O–H groups in total. The zero-order valence-electron chi connectivity index (χ0n) is 27.1. The van der Waals surface area contributed by atoms with Gasteiger partial charge < -0.3 is 9.84 Å². The molecule has 0 aromatic rings. The van der Waals surface area contributed by atoms with Crippen LogP contribution in [0.4, 0.5) is 0 Å². The second-order valence-electron chi connectivity index (χ2n) is 11.7. The normalized spacial score (nSPS) is 12.6. The van der Waals surface area contributed by atoms with E-state index >= 15 is 0 Å². The van der Waals surface area contributed by atoms with E-state index in [4.69, 9.17) is 9.84 Å². The monoisotopic (exact) mass is 574 g/mol. The first-order valence-corrected chi connectivity index (χ1v) is 17.5. The van der Waals surface area contributed by atoms with Gasteiger partial charge in [0.05, 0.1) is 0 Å². The maximum Gasteiger partial charge on any atom is 0.306 e. The van der Waals surface area contributed by atoms with Gasteiger partial charge in [0.25, 0.3) is 0 Å². The van der Waals surface area contributed by atoms with Crippen LogP contribution in [0.2, 0.25) is 0 Å². The molecule has 1 atom stereocenters. The predicted octanol–water partition coefficient (Wildman–Crippen LogP) is 11.8. The molecule has 238 valence electrons. The second-order valence-corrected chi connectivity index (χ2v) is 11.7. The fourth-order valence-corrected chi connectivity index (χ4v) is 5.08. The Hall–Kier alpha value is -1.84. The molecule has 0 rings (SSSR count). The van der Waals surface area contributed by atoms with Gasteiger partial charge in [-0.3, -0.25) is 9.59 Å². The Balaban J connectivity index is 3.79. The molecule has 0 radical (unpaired) electrons. The van der Waals surface area contributed by atoms with E-state index in [9.17, 15) is 9.59 Å². The average molecular weight is 575 g/mol. The number of aliphatic carboxylic acids is 1. The summed E-state index contributed by atoms with van der Waals surface area (Å²) < 4.78 is 5.84. The molecule has 4 nitrogen and oxygen atoms in total. The van der Waals surface area contributed by atoms with E-state index in [0.29, 0.717) is 12.8 Å². The van der Waals surface area contributed by atoms with Crippen LogP contribution in [0.3, 0.4) is 0 Å². The van der Waals surface area contributed by atoms with Crippen LogP contribution in [0.5, 0.6) is 0 Å². The second kappa shape index (κ2) is 32.7. The molecule has 0 aromatic carbocycles. The lowest BCUT2D eigenvalue weighted by molar-refractivity contribution is -0.150. The summed E-state index contributed by atoms with van der Waals surface area (Å²) in [5.74, 6) is -0.811. The Morgan fingerprint density at radius 3 is 1.61 bits per heavy atom. The number of hydrogen-bond donors (Lipinski definition) is 1. The molecule has 0 amide bonds. The van der Waals surface area contributed by atoms with Crippen LogP contribution in [-0.4, -0.2) is 23.1 Å². The quantitative estimate of drug-likeness (QED) is 0.0508. The van der Waals surface area contributed by atoms with Crippen molar-refractivity contribution in [2.24, 2.45) is 0 Å². The first-order chi connectivity index (χ1) is 20.1. The minimum Gasteiger partial charge on any atom is -0.481 e. The van der Waals surface area contributed by atoms with E-state index < -0.39 is 5.97 Å². The molecule has 0 bridgehead atoms. The third-order valence-electron chi connectivity index (χ3n) is 7.63. The van der Waals surface area contributed by atoms with E-state index in [1.165, 1.54) is 89.9 Å². The third-order valence-corrected chi connectivity index (χ3v) is 7.63. The van der Waals surface area contributed by atoms with Gasteiger partial charge in [0, 0.05) is 12.8 Å². The largest absolute Gasteiger partial charge is 0.481 e. The number of ether oxygens (including phenoxy) is 1. The molecule has 0 aromatic heterocycles. The topological polar surface area (TPSA) is 63.6 Å². The van der Waals surface area contributed by atoms with E-state index in [0.717, 1.165) is 57.8 Å². The molecule has 0 aliphatic heterocycles. The van der Waals surface area contributed by atoms with Gasteiger partial charge in [-0.2, -0.15) is 0 Å². The molecular formula is C37H66O4. The summed E-state index contributed by atoms with van der Waals surface area (Å²) in [6.45, 7) is 4.40. The van der Waals surface area contributed by atoms with Crippen molar-refractivity contribution in [2.45, 2.75) is 187 Å². The number of carbonyl (C=O) groups is 2. The number of esters is 1. The summed E-state index contributed by atoms with van der Waals surface area (Å²) >= 11 is 0. The highest BCUT2D eigenvalue weighted by Gasteiger charge is 2.14. The minimum absolute atomic E-state index is 0.0442. The van der Waals surface area contributed by atoms with Crippen LogP contribution in [-0.2, 0) is 14.3 Å². The van der Waals surface area contributed by atoms with Gasteiger partial charge in [-0.15, -0.1) is 0 Å². The fraction of sp³-hybridized carbons (Fsp3) is 0.784. The molecule has 0 spiro atoms. The van der Waals surface area contributed by atoms with Gasteiger partial charge in [0.1, 0.15) is 6.10 Å². The molecule has 0 heterocycles. The highest BCUT2D eigenvalue weighted by molar-refractivity contribution is 5.69. The zero-order chi connectivity index (χ0) is 30.1. The Labute approximate surface area is 254 Å². The summed E-state index contributed by atoms with van der Waals surface area (Å²) in [4.78, 5) is 23.3. The van der Waals surface area contributed by atoms with Crippen LogP contribution < -0.4 is 0 Å². The molecule has 0 saturated carbocycles. The van der Waals surface area contributed by atoms with Gasteiger partial charge in [-0.05, 0) is 70.6 Å². The minimum atomic E-state index is -0.746. The molecule has 0 aliphatic carbocycles. The molecule has 4 heteroatoms. The Kier molecular flexibility index (Phi) is 31.2. The van der Waals surface area contributed by atoms with Crippen molar-refractivity contribution in [2.75, 3.05) is 0 Å². The zero-order valence-corrected chi connectivity index (χ0v) is 27.1. The maximum atomic E-state index is 12.5. The standard InChI is InChI=1S/C37H66O4/c1-3-5-7-9-11-12-13-14-15-16-17-18-19-20-21-22-24-26-28-34-37(40)41-35(32-29-30-33-36(38)39)31-27-25-23-10-8-6-4-2/h5,7,11-12,14-15,35H,3-4,6,8-10,13,16-34H2,1-2H3,(H,38,39)/b7-5-,12-11-,15-14-. The van der Waals surface area contributed by atoms with Crippen molar-refractivity contribution in [3.8, 4) is 0 Å². The molecule has 0 fully saturated rings. The maximum absolute atomic E-state index is 12.5. The van der Waals surface area contributed by atoms with E-state index in [1.54, 1.807) is 0 Å². The first kappa shape index (κ1) is 39.2. The number of carbonyl (C=O) groups excluding carboxylic acids is 1. The number of unbranched alkanes of at least 4 members (excludes halogenated alkanes) is 16. The van der Waals surface area contributed by atoms with Crippen LogP contribution in [0.25, 0.3) is 0 Å². The van der Waals surface area contributed by atoms with Crippen molar-refractivity contribution in [1.82, 2.24) is 0 Å². The summed E-state index contributed by atoms with van der Waals surface area (Å²) in [7, 11) is 0. The smallest absolute Gasteiger partial charge is 0.306 e. The summed E-state index contributed by atoms with van der Waals surface area (Å²) in [6.07, 6.45) is 41.6. The molecule has 0 saturated heterocycles. The number of hydrogen-bond acceptors (Lipinski definition) is 3. The average Bonchev–Trinajstić information content (AvgIpc) is 2.95. The summed E-state index contributed by atoms with van der Waals surface area (Å²) in [6, 6.07) is 0. The van der Waals surface area contributed by atoms with Crippen LogP contribution in [0, 0.1) is 0 Å². The SMILES string of the molecule is CC/C=C\C/C=C\C/C=C\CCCCCCCCCCCC(=O)OC(CCCCCCCCC)CCCCC(=O)O. The van der Waals surface area contributed by atoms with Crippen LogP contribution in [0.1, 0.15) is 181 Å². The van der Waals surface area contributed by atoms with E-state index in [-0.39, 0.29) is 18.5 Å². The van der Waals surface area contributed by atoms with Crippen LogP contribution in [0.15, 0.2) is 36.5 Å². The van der Waals surface area contributed by atoms with Crippen molar-refractivity contribution in [1.29, 1.82) is 0 Å².